The fourth-order valence-corrected chi connectivity index (χ4v) is 5.89. The van der Waals surface area contributed by atoms with Crippen molar-refractivity contribution in [2.24, 2.45) is 0 Å². The second-order valence-electron chi connectivity index (χ2n) is 8.52. The van der Waals surface area contributed by atoms with E-state index in [1.165, 1.54) is 28.6 Å². The van der Waals surface area contributed by atoms with Crippen LogP contribution in [-0.4, -0.2) is 43.8 Å². The molecule has 1 aliphatic rings. The van der Waals surface area contributed by atoms with Gasteiger partial charge in [-0.25, -0.2) is 13.2 Å². The van der Waals surface area contributed by atoms with Crippen LogP contribution < -0.4 is 5.32 Å². The van der Waals surface area contributed by atoms with Gasteiger partial charge in [0.25, 0.3) is 5.91 Å². The largest absolute Gasteiger partial charge is 0.452 e. The van der Waals surface area contributed by atoms with E-state index in [4.69, 9.17) is 4.74 Å². The third-order valence-corrected chi connectivity index (χ3v) is 8.09. The first-order valence-electron chi connectivity index (χ1n) is 11.6. The van der Waals surface area contributed by atoms with Crippen molar-refractivity contribution in [2.45, 2.75) is 37.1 Å². The van der Waals surface area contributed by atoms with Gasteiger partial charge in [0.15, 0.2) is 6.61 Å². The highest BCUT2D eigenvalue weighted by Crippen LogP contribution is 2.28. The Morgan fingerprint density at radius 1 is 0.943 bits per heavy atom. The first-order chi connectivity index (χ1) is 16.9. The van der Waals surface area contributed by atoms with Gasteiger partial charge in [-0.1, -0.05) is 55.0 Å². The van der Waals surface area contributed by atoms with Crippen LogP contribution in [0.4, 0.5) is 5.69 Å². The summed E-state index contributed by atoms with van der Waals surface area (Å²) in [6.07, 6.45) is 2.69. The molecule has 35 heavy (non-hydrogen) atoms. The number of hydrogen-bond acceptors (Lipinski definition) is 5. The lowest BCUT2D eigenvalue weighted by Crippen LogP contribution is -2.41. The number of sulfonamides is 1. The molecule has 7 nitrogen and oxygen atoms in total. The Morgan fingerprint density at radius 2 is 1.63 bits per heavy atom. The second-order valence-corrected chi connectivity index (χ2v) is 10.4. The van der Waals surface area contributed by atoms with Gasteiger partial charge >= 0.3 is 5.97 Å². The highest BCUT2D eigenvalue weighted by molar-refractivity contribution is 7.89. The Labute approximate surface area is 205 Å². The summed E-state index contributed by atoms with van der Waals surface area (Å²) in [6, 6.07) is 22.6. The molecule has 0 spiro atoms. The summed E-state index contributed by atoms with van der Waals surface area (Å²) < 4.78 is 32.6. The SMILES string of the molecule is CC1CCCCN1S(=O)(=O)c1ccc(C(=O)OCC(=O)Nc2ccccc2-c2ccccc2)cc1. The van der Waals surface area contributed by atoms with Crippen LogP contribution in [0.2, 0.25) is 0 Å². The van der Waals surface area contributed by atoms with Gasteiger partial charge in [0.2, 0.25) is 10.0 Å². The molecule has 1 unspecified atom stereocenters. The summed E-state index contributed by atoms with van der Waals surface area (Å²) in [5.41, 5.74) is 2.59. The van der Waals surface area contributed by atoms with Crippen molar-refractivity contribution in [3.05, 3.63) is 84.4 Å². The summed E-state index contributed by atoms with van der Waals surface area (Å²) in [5.74, 6) is -1.17. The maximum atomic E-state index is 13.0. The molecule has 0 aliphatic carbocycles. The zero-order chi connectivity index (χ0) is 24.8. The maximum absolute atomic E-state index is 13.0. The molecule has 0 saturated carbocycles. The molecule has 1 N–H and O–H groups in total. The molecule has 1 amide bonds. The summed E-state index contributed by atoms with van der Waals surface area (Å²) in [4.78, 5) is 25.0. The number of nitrogens with one attached hydrogen (secondary N) is 1. The van der Waals surface area contributed by atoms with Gasteiger partial charge < -0.3 is 10.1 Å². The van der Waals surface area contributed by atoms with Crippen molar-refractivity contribution in [3.8, 4) is 11.1 Å². The normalized spacial score (nSPS) is 16.4. The predicted octanol–water partition coefficient (Wildman–Crippen LogP) is 4.71. The molecule has 1 aliphatic heterocycles. The van der Waals surface area contributed by atoms with Crippen molar-refractivity contribution in [2.75, 3.05) is 18.5 Å². The van der Waals surface area contributed by atoms with E-state index in [9.17, 15) is 18.0 Å². The number of carbonyl (C=O) groups excluding carboxylic acids is 2. The summed E-state index contributed by atoms with van der Waals surface area (Å²) >= 11 is 0. The third kappa shape index (κ3) is 5.78. The second kappa shape index (κ2) is 10.8. The zero-order valence-corrected chi connectivity index (χ0v) is 20.3. The van der Waals surface area contributed by atoms with Gasteiger partial charge in [-0.2, -0.15) is 4.31 Å². The number of piperidine rings is 1. The average Bonchev–Trinajstić information content (AvgIpc) is 2.88. The van der Waals surface area contributed by atoms with E-state index in [1.54, 1.807) is 6.07 Å². The standard InChI is InChI=1S/C27H28N2O5S/c1-20-9-7-8-18-29(20)35(32,33)23-16-14-22(15-17-23)27(31)34-19-26(30)28-25-13-6-5-12-24(25)21-10-3-2-4-11-21/h2-6,10-17,20H,7-9,18-19H2,1H3,(H,28,30). The molecule has 0 aromatic heterocycles. The molecule has 0 radical (unpaired) electrons. The number of rotatable bonds is 7. The van der Waals surface area contributed by atoms with Crippen LogP contribution in [0.15, 0.2) is 83.8 Å². The summed E-state index contributed by atoms with van der Waals surface area (Å²) in [6.45, 7) is 1.94. The first-order valence-corrected chi connectivity index (χ1v) is 13.0. The Hall–Kier alpha value is -3.49. The molecule has 1 atom stereocenters. The molecule has 4 rings (SSSR count). The van der Waals surface area contributed by atoms with E-state index >= 15 is 0 Å². The van der Waals surface area contributed by atoms with Crippen molar-refractivity contribution in [1.29, 1.82) is 0 Å². The Bertz CT molecular complexity index is 1290. The van der Waals surface area contributed by atoms with Gasteiger partial charge in [0, 0.05) is 23.8 Å². The number of hydrogen-bond donors (Lipinski definition) is 1. The molecule has 1 saturated heterocycles. The summed E-state index contributed by atoms with van der Waals surface area (Å²) in [7, 11) is -3.62. The van der Waals surface area contributed by atoms with E-state index < -0.39 is 28.5 Å². The minimum absolute atomic E-state index is 0.0519. The van der Waals surface area contributed by atoms with E-state index in [1.807, 2.05) is 55.5 Å². The molecular formula is C27H28N2O5S. The Morgan fingerprint density at radius 3 is 2.34 bits per heavy atom. The van der Waals surface area contributed by atoms with Crippen molar-refractivity contribution in [3.63, 3.8) is 0 Å². The van der Waals surface area contributed by atoms with Crippen LogP contribution in [0.3, 0.4) is 0 Å². The van der Waals surface area contributed by atoms with Crippen molar-refractivity contribution >= 4 is 27.6 Å². The molecule has 8 heteroatoms. The van der Waals surface area contributed by atoms with Crippen LogP contribution in [0.1, 0.15) is 36.5 Å². The minimum atomic E-state index is -3.62. The number of esters is 1. The van der Waals surface area contributed by atoms with Crippen LogP contribution in [-0.2, 0) is 19.6 Å². The van der Waals surface area contributed by atoms with Gasteiger partial charge in [-0.05, 0) is 55.7 Å². The van der Waals surface area contributed by atoms with E-state index in [-0.39, 0.29) is 16.5 Å². The number of benzene rings is 3. The predicted molar refractivity (Wildman–Crippen MR) is 134 cm³/mol. The van der Waals surface area contributed by atoms with Gasteiger partial charge in [0.1, 0.15) is 0 Å². The molecule has 182 valence electrons. The van der Waals surface area contributed by atoms with E-state index in [2.05, 4.69) is 5.32 Å². The molecule has 3 aromatic carbocycles. The van der Waals surface area contributed by atoms with E-state index in [0.29, 0.717) is 12.2 Å². The zero-order valence-electron chi connectivity index (χ0n) is 19.5. The third-order valence-electron chi connectivity index (χ3n) is 6.06. The Kier molecular flexibility index (Phi) is 7.63. The van der Waals surface area contributed by atoms with E-state index in [0.717, 1.165) is 30.4 Å². The van der Waals surface area contributed by atoms with Crippen LogP contribution in [0, 0.1) is 0 Å². The quantitative estimate of drug-likeness (QED) is 0.482. The first kappa shape index (κ1) is 24.6. The monoisotopic (exact) mass is 492 g/mol. The van der Waals surface area contributed by atoms with Gasteiger partial charge in [0.05, 0.1) is 10.5 Å². The Balaban J connectivity index is 1.37. The van der Waals surface area contributed by atoms with Crippen LogP contribution in [0.25, 0.3) is 11.1 Å². The lowest BCUT2D eigenvalue weighted by Gasteiger charge is -2.32. The number of amides is 1. The fraction of sp³-hybridized carbons (Fsp3) is 0.259. The van der Waals surface area contributed by atoms with Crippen molar-refractivity contribution < 1.29 is 22.7 Å². The average molecular weight is 493 g/mol. The highest BCUT2D eigenvalue weighted by Gasteiger charge is 2.31. The highest BCUT2D eigenvalue weighted by atomic mass is 32.2. The molecule has 1 fully saturated rings. The lowest BCUT2D eigenvalue weighted by molar-refractivity contribution is -0.119. The van der Waals surface area contributed by atoms with Gasteiger partial charge in [-0.15, -0.1) is 0 Å². The lowest BCUT2D eigenvalue weighted by atomic mass is 10.0. The van der Waals surface area contributed by atoms with Crippen LogP contribution in [0.5, 0.6) is 0 Å². The minimum Gasteiger partial charge on any atom is -0.452 e. The summed E-state index contributed by atoms with van der Waals surface area (Å²) in [5, 5.41) is 2.78. The molecular weight excluding hydrogens is 464 g/mol. The number of nitrogens with zero attached hydrogens (tertiary/aromatic N) is 1. The smallest absolute Gasteiger partial charge is 0.338 e. The number of carbonyl (C=O) groups is 2. The number of anilines is 1. The number of ether oxygens (including phenoxy) is 1. The van der Waals surface area contributed by atoms with Crippen molar-refractivity contribution in [1.82, 2.24) is 4.31 Å². The van der Waals surface area contributed by atoms with Gasteiger partial charge in [-0.3, -0.25) is 4.79 Å². The maximum Gasteiger partial charge on any atom is 0.338 e. The topological polar surface area (TPSA) is 92.8 Å². The molecule has 1 heterocycles. The van der Waals surface area contributed by atoms with Crippen LogP contribution >= 0.6 is 0 Å². The fourth-order valence-electron chi connectivity index (χ4n) is 4.19. The molecule has 0 bridgehead atoms. The molecule has 3 aromatic rings. The number of para-hydroxylation sites is 1.